The molecule has 0 aliphatic carbocycles. The number of anilines is 1. The van der Waals surface area contributed by atoms with Gasteiger partial charge in [-0.05, 0) is 54.0 Å². The highest BCUT2D eigenvalue weighted by molar-refractivity contribution is 7.12. The number of nitrogens with two attached hydrogens (primary N) is 1. The highest BCUT2D eigenvalue weighted by Crippen LogP contribution is 2.23. The molecule has 1 amide bonds. The molecule has 0 saturated carbocycles. The fraction of sp³-hybridized carbons (Fsp3) is 0.188. The molecule has 1 atom stereocenters. The first kappa shape index (κ1) is 15.9. The summed E-state index contributed by atoms with van der Waals surface area (Å²) in [5, 5.41) is 7.54. The Kier molecular flexibility index (Phi) is 4.85. The zero-order valence-corrected chi connectivity index (χ0v) is 13.8. The van der Waals surface area contributed by atoms with Gasteiger partial charge in [-0.15, -0.1) is 5.10 Å². The second-order valence-electron chi connectivity index (χ2n) is 5.19. The Morgan fingerprint density at radius 2 is 2.04 bits per heavy atom. The molecule has 3 N–H and O–H groups in total. The minimum Gasteiger partial charge on any atom is -0.330 e. The van der Waals surface area contributed by atoms with Gasteiger partial charge in [-0.1, -0.05) is 28.2 Å². The van der Waals surface area contributed by atoms with Gasteiger partial charge in [0.2, 0.25) is 5.91 Å². The van der Waals surface area contributed by atoms with E-state index in [2.05, 4.69) is 14.9 Å². The van der Waals surface area contributed by atoms with Gasteiger partial charge in [0.15, 0.2) is 0 Å². The summed E-state index contributed by atoms with van der Waals surface area (Å²) in [6, 6.07) is 13.0. The van der Waals surface area contributed by atoms with Crippen LogP contribution in [0.4, 0.5) is 5.69 Å². The molecule has 0 radical (unpaired) electrons. The second-order valence-corrected chi connectivity index (χ2v) is 6.41. The third-order valence-corrected chi connectivity index (χ3v) is 4.53. The van der Waals surface area contributed by atoms with Gasteiger partial charge in [-0.25, -0.2) is 0 Å². The van der Waals surface area contributed by atoms with Crippen molar-refractivity contribution in [2.45, 2.75) is 12.3 Å². The van der Waals surface area contributed by atoms with Crippen LogP contribution in [0.2, 0.25) is 5.02 Å². The molecule has 0 fully saturated rings. The molecule has 3 rings (SSSR count). The van der Waals surface area contributed by atoms with Gasteiger partial charge in [0.05, 0.1) is 4.70 Å². The molecule has 0 saturated heterocycles. The van der Waals surface area contributed by atoms with Crippen LogP contribution in [0.5, 0.6) is 0 Å². The molecule has 23 heavy (non-hydrogen) atoms. The first-order valence-corrected chi connectivity index (χ1v) is 8.28. The maximum atomic E-state index is 12.3. The molecule has 0 spiro atoms. The molecule has 0 aliphatic heterocycles. The van der Waals surface area contributed by atoms with E-state index in [0.29, 0.717) is 18.0 Å². The topological polar surface area (TPSA) is 80.9 Å². The lowest BCUT2D eigenvalue weighted by Gasteiger charge is -2.15. The average molecular weight is 347 g/mol. The molecule has 0 aliphatic rings. The fourth-order valence-electron chi connectivity index (χ4n) is 2.36. The van der Waals surface area contributed by atoms with E-state index in [0.717, 1.165) is 21.5 Å². The number of carbonyl (C=O) groups is 1. The Balaban J connectivity index is 1.68. The van der Waals surface area contributed by atoms with Crippen molar-refractivity contribution < 1.29 is 4.79 Å². The van der Waals surface area contributed by atoms with Crippen LogP contribution in [-0.4, -0.2) is 22.0 Å². The van der Waals surface area contributed by atoms with Gasteiger partial charge in [0.1, 0.15) is 5.52 Å². The molecule has 1 unspecified atom stereocenters. The van der Waals surface area contributed by atoms with Crippen LogP contribution in [0.3, 0.4) is 0 Å². The number of carbonyl (C=O) groups excluding carboxylic acids is 1. The lowest BCUT2D eigenvalue weighted by atomic mass is 9.95. The fourth-order valence-corrected chi connectivity index (χ4v) is 3.09. The minimum absolute atomic E-state index is 0.0407. The summed E-state index contributed by atoms with van der Waals surface area (Å²) in [5.74, 6) is -0.117. The predicted octanol–water partition coefficient (Wildman–Crippen LogP) is 3.42. The van der Waals surface area contributed by atoms with Gasteiger partial charge in [-0.2, -0.15) is 0 Å². The predicted molar refractivity (Wildman–Crippen MR) is 93.9 cm³/mol. The molecule has 1 heterocycles. The van der Waals surface area contributed by atoms with E-state index in [1.54, 1.807) is 0 Å². The summed E-state index contributed by atoms with van der Waals surface area (Å²) in [4.78, 5) is 12.3. The number of fused-ring (bicyclic) bond motifs is 1. The first-order valence-electron chi connectivity index (χ1n) is 7.13. The van der Waals surface area contributed by atoms with Crippen LogP contribution in [0.15, 0.2) is 42.5 Å². The largest absolute Gasteiger partial charge is 0.330 e. The maximum absolute atomic E-state index is 12.3. The van der Waals surface area contributed by atoms with E-state index in [1.165, 1.54) is 11.5 Å². The van der Waals surface area contributed by atoms with Crippen molar-refractivity contribution in [3.63, 3.8) is 0 Å². The molecule has 118 valence electrons. The number of hydrogen-bond acceptors (Lipinski definition) is 5. The molecular formula is C16H15ClN4OS. The maximum Gasteiger partial charge on any atom is 0.225 e. The molecule has 2 aromatic carbocycles. The number of halogens is 1. The molecular weight excluding hydrogens is 332 g/mol. The highest BCUT2D eigenvalue weighted by atomic mass is 35.5. The van der Waals surface area contributed by atoms with Crippen molar-refractivity contribution in [1.29, 1.82) is 0 Å². The number of amides is 1. The summed E-state index contributed by atoms with van der Waals surface area (Å²) < 4.78 is 4.82. The Hall–Kier alpha value is -2.02. The monoisotopic (exact) mass is 346 g/mol. The van der Waals surface area contributed by atoms with Crippen molar-refractivity contribution in [3.05, 3.63) is 53.1 Å². The Bertz CT molecular complexity index is 818. The SMILES string of the molecule is NCC(CC(=O)Nc1ccc2nnsc2c1)c1ccc(Cl)cc1. The van der Waals surface area contributed by atoms with Crippen LogP contribution in [0.25, 0.3) is 10.2 Å². The Morgan fingerprint density at radius 3 is 2.78 bits per heavy atom. The number of rotatable bonds is 5. The minimum atomic E-state index is -0.0766. The molecule has 7 heteroatoms. The van der Waals surface area contributed by atoms with E-state index in [9.17, 15) is 4.79 Å². The van der Waals surface area contributed by atoms with Crippen molar-refractivity contribution in [1.82, 2.24) is 9.59 Å². The van der Waals surface area contributed by atoms with Crippen LogP contribution in [-0.2, 0) is 4.79 Å². The number of nitrogens with one attached hydrogen (secondary N) is 1. The van der Waals surface area contributed by atoms with Crippen LogP contribution in [0, 0.1) is 0 Å². The molecule has 3 aromatic rings. The highest BCUT2D eigenvalue weighted by Gasteiger charge is 2.15. The summed E-state index contributed by atoms with van der Waals surface area (Å²) in [6.45, 7) is 0.396. The van der Waals surface area contributed by atoms with E-state index in [4.69, 9.17) is 17.3 Å². The molecule has 1 aromatic heterocycles. The smallest absolute Gasteiger partial charge is 0.225 e. The Labute approximate surface area is 142 Å². The van der Waals surface area contributed by atoms with Gasteiger partial charge in [0, 0.05) is 23.0 Å². The number of nitrogens with zero attached hydrogens (tertiary/aromatic N) is 2. The second kappa shape index (κ2) is 7.04. The third-order valence-electron chi connectivity index (χ3n) is 3.59. The summed E-state index contributed by atoms with van der Waals surface area (Å²) >= 11 is 7.19. The van der Waals surface area contributed by atoms with Crippen LogP contribution >= 0.6 is 23.1 Å². The Morgan fingerprint density at radius 1 is 1.26 bits per heavy atom. The van der Waals surface area contributed by atoms with Crippen molar-refractivity contribution in [2.24, 2.45) is 5.73 Å². The normalized spacial score (nSPS) is 12.3. The van der Waals surface area contributed by atoms with Gasteiger partial charge >= 0.3 is 0 Å². The zero-order chi connectivity index (χ0) is 16.2. The number of hydrogen-bond donors (Lipinski definition) is 2. The standard InChI is InChI=1S/C16H15ClN4OS/c17-12-3-1-10(2-4-12)11(9-18)7-16(22)19-13-5-6-14-15(8-13)23-21-20-14/h1-6,8,11H,7,9,18H2,(H,19,22). The average Bonchev–Trinajstić information content (AvgIpc) is 3.01. The van der Waals surface area contributed by atoms with E-state index < -0.39 is 0 Å². The van der Waals surface area contributed by atoms with Crippen LogP contribution in [0.1, 0.15) is 17.9 Å². The van der Waals surface area contributed by atoms with Crippen molar-refractivity contribution >= 4 is 44.9 Å². The summed E-state index contributed by atoms with van der Waals surface area (Å²) in [6.07, 6.45) is 0.317. The van der Waals surface area contributed by atoms with Gasteiger partial charge in [0.25, 0.3) is 0 Å². The van der Waals surface area contributed by atoms with Gasteiger partial charge < -0.3 is 11.1 Å². The molecule has 5 nitrogen and oxygen atoms in total. The third kappa shape index (κ3) is 3.85. The van der Waals surface area contributed by atoms with E-state index in [-0.39, 0.29) is 11.8 Å². The van der Waals surface area contributed by atoms with E-state index >= 15 is 0 Å². The zero-order valence-electron chi connectivity index (χ0n) is 12.2. The van der Waals surface area contributed by atoms with Crippen LogP contribution < -0.4 is 11.1 Å². The molecule has 0 bridgehead atoms. The lowest BCUT2D eigenvalue weighted by molar-refractivity contribution is -0.116. The first-order chi connectivity index (χ1) is 11.2. The van der Waals surface area contributed by atoms with Crippen molar-refractivity contribution in [2.75, 3.05) is 11.9 Å². The lowest BCUT2D eigenvalue weighted by Crippen LogP contribution is -2.20. The number of aromatic nitrogens is 2. The number of benzene rings is 2. The van der Waals surface area contributed by atoms with Crippen molar-refractivity contribution in [3.8, 4) is 0 Å². The van der Waals surface area contributed by atoms with Gasteiger partial charge in [-0.3, -0.25) is 4.79 Å². The van der Waals surface area contributed by atoms with E-state index in [1.807, 2.05) is 42.5 Å². The quantitative estimate of drug-likeness (QED) is 0.741. The summed E-state index contributed by atoms with van der Waals surface area (Å²) in [5.41, 5.74) is 8.39. The summed E-state index contributed by atoms with van der Waals surface area (Å²) in [7, 11) is 0.